The Bertz CT molecular complexity index is 352. The second-order valence-electron chi connectivity index (χ2n) is 5.67. The van der Waals surface area contributed by atoms with Crippen LogP contribution in [0, 0.1) is 0 Å². The predicted molar refractivity (Wildman–Crippen MR) is 78.6 cm³/mol. The molecule has 1 aliphatic heterocycles. The van der Waals surface area contributed by atoms with Crippen LogP contribution < -0.4 is 11.1 Å². The Morgan fingerprint density at radius 1 is 1.41 bits per heavy atom. The van der Waals surface area contributed by atoms with Crippen LogP contribution in [0.5, 0.6) is 0 Å². The largest absolute Gasteiger partial charge is 0.388 e. The summed E-state index contributed by atoms with van der Waals surface area (Å²) in [4.78, 5) is 11.5. The van der Waals surface area contributed by atoms with E-state index in [2.05, 4.69) is 12.2 Å². The summed E-state index contributed by atoms with van der Waals surface area (Å²) in [7, 11) is 0. The van der Waals surface area contributed by atoms with Crippen LogP contribution in [0.1, 0.15) is 39.5 Å². The van der Waals surface area contributed by atoms with Crippen LogP contribution in [0.25, 0.3) is 0 Å². The third-order valence-electron chi connectivity index (χ3n) is 3.69. The Balaban J connectivity index is 2.30. The summed E-state index contributed by atoms with van der Waals surface area (Å²) in [5.41, 5.74) is 3.34. The molecule has 0 spiro atoms. The van der Waals surface area contributed by atoms with E-state index in [1.165, 1.54) is 6.92 Å². The van der Waals surface area contributed by atoms with Gasteiger partial charge in [-0.3, -0.25) is 10.5 Å². The third-order valence-corrected chi connectivity index (χ3v) is 3.69. The van der Waals surface area contributed by atoms with Crippen LogP contribution in [0.3, 0.4) is 0 Å². The molecule has 1 rings (SSSR count). The van der Waals surface area contributed by atoms with Crippen molar-refractivity contribution in [3.63, 3.8) is 0 Å². The van der Waals surface area contributed by atoms with Crippen molar-refractivity contribution in [3.05, 3.63) is 0 Å². The smallest absolute Gasteiger partial charge is 0.220 e. The number of nitrogens with one attached hydrogen (secondary N) is 1. The minimum Gasteiger partial charge on any atom is -0.388 e. The molecule has 0 aromatic carbocycles. The highest BCUT2D eigenvalue weighted by atomic mass is 16.7. The van der Waals surface area contributed by atoms with Crippen molar-refractivity contribution >= 4 is 5.91 Å². The number of amides is 1. The van der Waals surface area contributed by atoms with Crippen molar-refractivity contribution in [3.8, 4) is 0 Å². The standard InChI is InChI=1S/C14H28N2O6/c1-3-4-5-6-10(17)16-7-8-21-13-14(15,20)12(19)11(18)9(2)22-13/h9,11-13,18-20H,3-8,15H2,1-2H3,(H,16,17)/t9-,11+,12+,13+,14-/m0/s1. The third kappa shape index (κ3) is 5.15. The fraction of sp³-hybridized carbons (Fsp3) is 0.929. The highest BCUT2D eigenvalue weighted by molar-refractivity contribution is 5.75. The van der Waals surface area contributed by atoms with Crippen molar-refractivity contribution in [1.29, 1.82) is 0 Å². The van der Waals surface area contributed by atoms with Crippen LogP contribution in [0.15, 0.2) is 0 Å². The van der Waals surface area contributed by atoms with Gasteiger partial charge in [0.05, 0.1) is 12.7 Å². The summed E-state index contributed by atoms with van der Waals surface area (Å²) in [5.74, 6) is -0.0616. The molecule has 1 amide bonds. The van der Waals surface area contributed by atoms with E-state index >= 15 is 0 Å². The van der Waals surface area contributed by atoms with Gasteiger partial charge in [0.25, 0.3) is 0 Å². The first-order valence-electron chi connectivity index (χ1n) is 7.71. The molecule has 8 nitrogen and oxygen atoms in total. The highest BCUT2D eigenvalue weighted by Gasteiger charge is 2.52. The van der Waals surface area contributed by atoms with E-state index in [9.17, 15) is 20.1 Å². The lowest BCUT2D eigenvalue weighted by Crippen LogP contribution is -2.70. The molecule has 0 aliphatic carbocycles. The average Bonchev–Trinajstić information content (AvgIpc) is 2.47. The molecule has 0 saturated carbocycles. The molecular weight excluding hydrogens is 292 g/mol. The predicted octanol–water partition coefficient (Wildman–Crippen LogP) is -1.19. The molecule has 5 atom stereocenters. The second kappa shape index (κ2) is 8.76. The molecule has 1 aliphatic rings. The number of nitrogens with two attached hydrogens (primary N) is 1. The highest BCUT2D eigenvalue weighted by Crippen LogP contribution is 2.26. The van der Waals surface area contributed by atoms with Gasteiger partial charge in [0.2, 0.25) is 12.2 Å². The van der Waals surface area contributed by atoms with Gasteiger partial charge in [-0.15, -0.1) is 0 Å². The van der Waals surface area contributed by atoms with Gasteiger partial charge in [-0.25, -0.2) is 0 Å². The number of aliphatic hydroxyl groups excluding tert-OH is 2. The quantitative estimate of drug-likeness (QED) is 0.280. The van der Waals surface area contributed by atoms with E-state index < -0.39 is 30.3 Å². The van der Waals surface area contributed by atoms with Gasteiger partial charge in [-0.1, -0.05) is 19.8 Å². The summed E-state index contributed by atoms with van der Waals surface area (Å²) >= 11 is 0. The summed E-state index contributed by atoms with van der Waals surface area (Å²) in [6.45, 7) is 3.92. The number of hydrogen-bond acceptors (Lipinski definition) is 7. The molecular formula is C14H28N2O6. The Labute approximate surface area is 130 Å². The van der Waals surface area contributed by atoms with E-state index in [0.717, 1.165) is 19.3 Å². The first-order valence-corrected chi connectivity index (χ1v) is 7.71. The number of carbonyl (C=O) groups is 1. The minimum atomic E-state index is -2.21. The first kappa shape index (κ1) is 19.3. The summed E-state index contributed by atoms with van der Waals surface area (Å²) < 4.78 is 10.5. The molecule has 0 unspecified atom stereocenters. The van der Waals surface area contributed by atoms with Crippen molar-refractivity contribution in [2.45, 2.75) is 69.9 Å². The minimum absolute atomic E-state index is 0.0616. The zero-order chi connectivity index (χ0) is 16.8. The lowest BCUT2D eigenvalue weighted by Gasteiger charge is -2.44. The lowest BCUT2D eigenvalue weighted by molar-refractivity contribution is -0.333. The SMILES string of the molecule is CCCCCC(=O)NCCO[C@@H]1O[C@@H](C)[C@@H](O)[C@@H](O)[C@]1(N)O. The molecule has 8 heteroatoms. The molecule has 0 aromatic heterocycles. The number of aliphatic hydroxyl groups is 3. The monoisotopic (exact) mass is 320 g/mol. The van der Waals surface area contributed by atoms with Crippen LogP contribution >= 0.6 is 0 Å². The lowest BCUT2D eigenvalue weighted by atomic mass is 9.95. The Morgan fingerprint density at radius 2 is 2.09 bits per heavy atom. The van der Waals surface area contributed by atoms with E-state index in [0.29, 0.717) is 6.42 Å². The molecule has 0 bridgehead atoms. The second-order valence-corrected chi connectivity index (χ2v) is 5.67. The Hall–Kier alpha value is -0.770. The number of carbonyl (C=O) groups excluding carboxylic acids is 1. The molecule has 1 saturated heterocycles. The van der Waals surface area contributed by atoms with E-state index in [4.69, 9.17) is 15.2 Å². The summed E-state index contributed by atoms with van der Waals surface area (Å²) in [5, 5.41) is 32.0. The maximum Gasteiger partial charge on any atom is 0.220 e. The van der Waals surface area contributed by atoms with Gasteiger partial charge in [0.1, 0.15) is 12.2 Å². The number of hydrogen-bond donors (Lipinski definition) is 5. The summed E-state index contributed by atoms with van der Waals surface area (Å²) in [6, 6.07) is 0. The molecule has 1 heterocycles. The van der Waals surface area contributed by atoms with Crippen LogP contribution in [-0.2, 0) is 14.3 Å². The molecule has 1 fully saturated rings. The van der Waals surface area contributed by atoms with Crippen molar-refractivity contribution in [2.75, 3.05) is 13.2 Å². The van der Waals surface area contributed by atoms with Gasteiger partial charge in [-0.05, 0) is 13.3 Å². The van der Waals surface area contributed by atoms with Crippen molar-refractivity contribution < 1.29 is 29.6 Å². The Kier molecular flexibility index (Phi) is 7.67. The van der Waals surface area contributed by atoms with Gasteiger partial charge in [-0.2, -0.15) is 0 Å². The van der Waals surface area contributed by atoms with Crippen LogP contribution in [0.2, 0.25) is 0 Å². The van der Waals surface area contributed by atoms with E-state index in [1.54, 1.807) is 0 Å². The fourth-order valence-electron chi connectivity index (χ4n) is 2.21. The van der Waals surface area contributed by atoms with Crippen LogP contribution in [-0.4, -0.2) is 64.7 Å². The van der Waals surface area contributed by atoms with E-state index in [-0.39, 0.29) is 19.1 Å². The molecule has 6 N–H and O–H groups in total. The number of ether oxygens (including phenoxy) is 2. The zero-order valence-electron chi connectivity index (χ0n) is 13.2. The normalized spacial score (nSPS) is 35.4. The molecule has 22 heavy (non-hydrogen) atoms. The first-order chi connectivity index (χ1) is 10.3. The number of unbranched alkanes of at least 4 members (excludes halogenated alkanes) is 2. The maximum atomic E-state index is 11.5. The Morgan fingerprint density at radius 3 is 2.73 bits per heavy atom. The van der Waals surface area contributed by atoms with Crippen molar-refractivity contribution in [1.82, 2.24) is 5.32 Å². The van der Waals surface area contributed by atoms with Gasteiger partial charge in [0.15, 0.2) is 5.72 Å². The van der Waals surface area contributed by atoms with Gasteiger partial charge in [0, 0.05) is 13.0 Å². The summed E-state index contributed by atoms with van der Waals surface area (Å²) in [6.07, 6.45) is -1.51. The molecule has 0 radical (unpaired) electrons. The molecule has 0 aromatic rings. The fourth-order valence-corrected chi connectivity index (χ4v) is 2.21. The van der Waals surface area contributed by atoms with Crippen LogP contribution in [0.4, 0.5) is 0 Å². The van der Waals surface area contributed by atoms with Crippen molar-refractivity contribution in [2.24, 2.45) is 5.73 Å². The zero-order valence-corrected chi connectivity index (χ0v) is 13.2. The maximum absolute atomic E-state index is 11.5. The van der Waals surface area contributed by atoms with Gasteiger partial charge < -0.3 is 30.1 Å². The van der Waals surface area contributed by atoms with E-state index in [1.807, 2.05) is 0 Å². The topological polar surface area (TPSA) is 134 Å². The number of rotatable bonds is 8. The van der Waals surface area contributed by atoms with Gasteiger partial charge >= 0.3 is 0 Å². The average molecular weight is 320 g/mol. The molecule has 130 valence electrons.